The lowest BCUT2D eigenvalue weighted by Gasteiger charge is -2.26. The molecule has 0 aliphatic carbocycles. The maximum atomic E-state index is 12.7. The molecule has 2 aromatic rings. The second kappa shape index (κ2) is 8.03. The lowest BCUT2D eigenvalue weighted by Crippen LogP contribution is -2.36. The summed E-state index contributed by atoms with van der Waals surface area (Å²) in [4.78, 5) is 16.0. The molecule has 2 aromatic heterocycles. The molecule has 1 amide bonds. The second-order valence-corrected chi connectivity index (χ2v) is 6.27. The number of hydrogen-bond acceptors (Lipinski definition) is 3. The molecule has 0 aliphatic rings. The van der Waals surface area contributed by atoms with Crippen molar-refractivity contribution in [2.75, 3.05) is 6.54 Å². The lowest BCUT2D eigenvalue weighted by atomic mass is 10.0. The summed E-state index contributed by atoms with van der Waals surface area (Å²) in [6.07, 6.45) is 6.10. The molecule has 2 rings (SSSR count). The molecule has 0 saturated heterocycles. The molecule has 2 heterocycles. The molecule has 0 saturated carbocycles. The third-order valence-corrected chi connectivity index (χ3v) is 4.74. The molecule has 0 bridgehead atoms. The van der Waals surface area contributed by atoms with Gasteiger partial charge in [0.05, 0.1) is 12.5 Å². The van der Waals surface area contributed by atoms with E-state index in [1.807, 2.05) is 11.0 Å². The highest BCUT2D eigenvalue weighted by atomic mass is 32.1. The number of furan rings is 1. The molecule has 4 heteroatoms. The highest BCUT2D eigenvalue weighted by Crippen LogP contribution is 2.17. The summed E-state index contributed by atoms with van der Waals surface area (Å²) in [7, 11) is 0. The Morgan fingerprint density at radius 1 is 1.33 bits per heavy atom. The van der Waals surface area contributed by atoms with Crippen LogP contribution < -0.4 is 0 Å². The van der Waals surface area contributed by atoms with Gasteiger partial charge in [-0.3, -0.25) is 4.79 Å². The minimum absolute atomic E-state index is 0.125. The van der Waals surface area contributed by atoms with Gasteiger partial charge in [0.2, 0.25) is 5.91 Å². The molecule has 21 heavy (non-hydrogen) atoms. The first-order valence-electron chi connectivity index (χ1n) is 7.56. The number of rotatable bonds is 8. The van der Waals surface area contributed by atoms with E-state index in [0.29, 0.717) is 6.54 Å². The van der Waals surface area contributed by atoms with Crippen LogP contribution in [0.3, 0.4) is 0 Å². The van der Waals surface area contributed by atoms with Gasteiger partial charge < -0.3 is 9.32 Å². The molecular weight excluding hydrogens is 282 g/mol. The predicted molar refractivity (Wildman–Crippen MR) is 86.2 cm³/mol. The molecule has 0 atom stereocenters. The SMILES string of the molecule is CCC(CC)C(=O)N(CCc1cccs1)Cc1ccoc1. The highest BCUT2D eigenvalue weighted by Gasteiger charge is 2.21. The van der Waals surface area contributed by atoms with E-state index in [1.54, 1.807) is 23.9 Å². The van der Waals surface area contributed by atoms with E-state index in [4.69, 9.17) is 4.42 Å². The lowest BCUT2D eigenvalue weighted by molar-refractivity contribution is -0.136. The van der Waals surface area contributed by atoms with Crippen molar-refractivity contribution in [3.63, 3.8) is 0 Å². The zero-order chi connectivity index (χ0) is 15.1. The van der Waals surface area contributed by atoms with E-state index in [1.165, 1.54) is 4.88 Å². The van der Waals surface area contributed by atoms with Gasteiger partial charge in [0.15, 0.2) is 0 Å². The van der Waals surface area contributed by atoms with Crippen LogP contribution in [0.1, 0.15) is 37.1 Å². The first kappa shape index (κ1) is 15.8. The Morgan fingerprint density at radius 2 is 2.14 bits per heavy atom. The van der Waals surface area contributed by atoms with Crippen LogP contribution in [0.4, 0.5) is 0 Å². The number of amides is 1. The average molecular weight is 305 g/mol. The minimum atomic E-state index is 0.125. The molecule has 0 aliphatic heterocycles. The van der Waals surface area contributed by atoms with Crippen LogP contribution in [0.5, 0.6) is 0 Å². The van der Waals surface area contributed by atoms with Gasteiger partial charge in [-0.15, -0.1) is 11.3 Å². The number of carbonyl (C=O) groups excluding carboxylic acids is 1. The van der Waals surface area contributed by atoms with Crippen LogP contribution in [-0.2, 0) is 17.8 Å². The minimum Gasteiger partial charge on any atom is -0.472 e. The Hall–Kier alpha value is -1.55. The van der Waals surface area contributed by atoms with Crippen molar-refractivity contribution >= 4 is 17.2 Å². The van der Waals surface area contributed by atoms with Crippen LogP contribution in [0, 0.1) is 5.92 Å². The fraction of sp³-hybridized carbons (Fsp3) is 0.471. The Balaban J connectivity index is 2.03. The van der Waals surface area contributed by atoms with Crippen molar-refractivity contribution in [1.29, 1.82) is 0 Å². The summed E-state index contributed by atoms with van der Waals surface area (Å²) >= 11 is 1.75. The molecule has 0 aromatic carbocycles. The van der Waals surface area contributed by atoms with E-state index in [2.05, 4.69) is 31.4 Å². The summed E-state index contributed by atoms with van der Waals surface area (Å²) in [5, 5.41) is 2.08. The van der Waals surface area contributed by atoms with Crippen LogP contribution >= 0.6 is 11.3 Å². The third-order valence-electron chi connectivity index (χ3n) is 3.81. The van der Waals surface area contributed by atoms with Crippen molar-refractivity contribution in [2.45, 2.75) is 39.7 Å². The zero-order valence-electron chi connectivity index (χ0n) is 12.7. The van der Waals surface area contributed by atoms with Gasteiger partial charge in [0.25, 0.3) is 0 Å². The van der Waals surface area contributed by atoms with E-state index in [9.17, 15) is 4.79 Å². The summed E-state index contributed by atoms with van der Waals surface area (Å²) in [5.41, 5.74) is 1.06. The molecule has 0 fully saturated rings. The zero-order valence-corrected chi connectivity index (χ0v) is 13.6. The Labute approximate surface area is 130 Å². The standard InChI is InChI=1S/C17H23NO2S/c1-3-15(4-2)17(19)18(12-14-8-10-20-13-14)9-7-16-6-5-11-21-16/h5-6,8,10-11,13,15H,3-4,7,9,12H2,1-2H3. The van der Waals surface area contributed by atoms with Crippen molar-refractivity contribution in [1.82, 2.24) is 4.90 Å². The van der Waals surface area contributed by atoms with E-state index in [-0.39, 0.29) is 11.8 Å². The average Bonchev–Trinajstić information content (AvgIpc) is 3.18. The second-order valence-electron chi connectivity index (χ2n) is 5.23. The van der Waals surface area contributed by atoms with Crippen molar-refractivity contribution in [3.8, 4) is 0 Å². The molecular formula is C17H23NO2S. The Bertz CT molecular complexity index is 515. The molecule has 0 spiro atoms. The fourth-order valence-electron chi connectivity index (χ4n) is 2.47. The molecule has 0 N–H and O–H groups in total. The first-order chi connectivity index (χ1) is 10.2. The molecule has 0 unspecified atom stereocenters. The summed E-state index contributed by atoms with van der Waals surface area (Å²) in [6.45, 7) is 5.57. The molecule has 0 radical (unpaired) electrons. The fourth-order valence-corrected chi connectivity index (χ4v) is 3.16. The van der Waals surface area contributed by atoms with Crippen LogP contribution in [0.2, 0.25) is 0 Å². The first-order valence-corrected chi connectivity index (χ1v) is 8.44. The largest absolute Gasteiger partial charge is 0.472 e. The number of thiophene rings is 1. The predicted octanol–water partition coefficient (Wildman–Crippen LogP) is 4.35. The number of carbonyl (C=O) groups is 1. The van der Waals surface area contributed by atoms with Crippen molar-refractivity contribution in [3.05, 3.63) is 46.5 Å². The van der Waals surface area contributed by atoms with Gasteiger partial charge >= 0.3 is 0 Å². The normalized spacial score (nSPS) is 11.0. The summed E-state index contributed by atoms with van der Waals surface area (Å²) in [5.74, 6) is 0.387. The van der Waals surface area contributed by atoms with Crippen molar-refractivity contribution < 1.29 is 9.21 Å². The maximum Gasteiger partial charge on any atom is 0.225 e. The van der Waals surface area contributed by atoms with E-state index < -0.39 is 0 Å². The van der Waals surface area contributed by atoms with Crippen molar-refractivity contribution in [2.24, 2.45) is 5.92 Å². The number of hydrogen-bond donors (Lipinski definition) is 0. The quantitative estimate of drug-likeness (QED) is 0.726. The summed E-state index contributed by atoms with van der Waals surface area (Å²) < 4.78 is 5.12. The van der Waals surface area contributed by atoms with Crippen LogP contribution in [0.25, 0.3) is 0 Å². The van der Waals surface area contributed by atoms with Gasteiger partial charge in [-0.05, 0) is 36.8 Å². The number of nitrogens with zero attached hydrogens (tertiary/aromatic N) is 1. The van der Waals surface area contributed by atoms with Crippen LogP contribution in [0.15, 0.2) is 40.5 Å². The molecule has 114 valence electrons. The van der Waals surface area contributed by atoms with Gasteiger partial charge in [0, 0.05) is 29.4 Å². The van der Waals surface area contributed by atoms with Gasteiger partial charge in [-0.25, -0.2) is 0 Å². The topological polar surface area (TPSA) is 33.5 Å². The maximum absolute atomic E-state index is 12.7. The van der Waals surface area contributed by atoms with E-state index in [0.717, 1.165) is 31.4 Å². The van der Waals surface area contributed by atoms with E-state index >= 15 is 0 Å². The molecule has 3 nitrogen and oxygen atoms in total. The Morgan fingerprint density at radius 3 is 2.71 bits per heavy atom. The monoisotopic (exact) mass is 305 g/mol. The van der Waals surface area contributed by atoms with Gasteiger partial charge in [-0.2, -0.15) is 0 Å². The Kier molecular flexibility index (Phi) is 6.05. The van der Waals surface area contributed by atoms with Gasteiger partial charge in [0.1, 0.15) is 0 Å². The van der Waals surface area contributed by atoms with Gasteiger partial charge in [-0.1, -0.05) is 19.9 Å². The van der Waals surface area contributed by atoms with Crippen LogP contribution in [-0.4, -0.2) is 17.4 Å². The smallest absolute Gasteiger partial charge is 0.225 e. The summed E-state index contributed by atoms with van der Waals surface area (Å²) in [6, 6.07) is 6.11. The third kappa shape index (κ3) is 4.46. The highest BCUT2D eigenvalue weighted by molar-refractivity contribution is 7.09.